The second-order valence-corrected chi connectivity index (χ2v) is 7.40. The normalized spacial score (nSPS) is 10.6. The number of nitrogens with one attached hydrogen (secondary N) is 2. The second-order valence-electron chi connectivity index (χ2n) is 5.45. The van der Waals surface area contributed by atoms with E-state index < -0.39 is 0 Å². The highest BCUT2D eigenvalue weighted by molar-refractivity contribution is 9.10. The lowest BCUT2D eigenvalue weighted by atomic mass is 10.1. The van der Waals surface area contributed by atoms with Crippen LogP contribution in [0.3, 0.4) is 0 Å². The lowest BCUT2D eigenvalue weighted by Crippen LogP contribution is -2.14. The van der Waals surface area contributed by atoms with Gasteiger partial charge in [0, 0.05) is 16.6 Å². The van der Waals surface area contributed by atoms with Crippen molar-refractivity contribution in [1.29, 1.82) is 0 Å². The molecule has 0 fully saturated rings. The third-order valence-electron chi connectivity index (χ3n) is 3.51. The molecule has 3 aromatic rings. The number of amides is 2. The van der Waals surface area contributed by atoms with Crippen molar-refractivity contribution in [2.45, 2.75) is 19.8 Å². The van der Waals surface area contributed by atoms with Gasteiger partial charge in [-0.15, -0.1) is 0 Å². The molecule has 0 atom stereocenters. The first-order valence-corrected chi connectivity index (χ1v) is 9.39. The van der Waals surface area contributed by atoms with Gasteiger partial charge >= 0.3 is 0 Å². The molecule has 3 rings (SSSR count). The molecule has 2 aromatic carbocycles. The molecule has 0 unspecified atom stereocenters. The van der Waals surface area contributed by atoms with Gasteiger partial charge < -0.3 is 10.6 Å². The Labute approximate surface area is 157 Å². The zero-order valence-corrected chi connectivity index (χ0v) is 15.9. The number of benzene rings is 2. The van der Waals surface area contributed by atoms with Gasteiger partial charge in [0.05, 0.1) is 16.6 Å². The maximum absolute atomic E-state index is 12.2. The van der Waals surface area contributed by atoms with Gasteiger partial charge in [-0.3, -0.25) is 9.59 Å². The van der Waals surface area contributed by atoms with Gasteiger partial charge in [-0.1, -0.05) is 40.3 Å². The Hall–Kier alpha value is -2.25. The van der Waals surface area contributed by atoms with Gasteiger partial charge in [-0.05, 0) is 42.0 Å². The number of carbonyl (C=O) groups is 2. The summed E-state index contributed by atoms with van der Waals surface area (Å²) < 4.78 is 1.91. The first-order chi connectivity index (χ1) is 12.0. The number of thiazole rings is 1. The minimum atomic E-state index is -0.0781. The average Bonchev–Trinajstić information content (AvgIpc) is 2.98. The summed E-state index contributed by atoms with van der Waals surface area (Å²) in [6.45, 7) is 1.80. The Bertz CT molecular complexity index is 922. The van der Waals surface area contributed by atoms with Gasteiger partial charge in [0.15, 0.2) is 5.13 Å². The number of halogens is 1. The van der Waals surface area contributed by atoms with Crippen LogP contribution in [0.1, 0.15) is 18.9 Å². The summed E-state index contributed by atoms with van der Waals surface area (Å²) in [5.74, 6) is -0.140. The highest BCUT2D eigenvalue weighted by Crippen LogP contribution is 2.27. The Morgan fingerprint density at radius 1 is 1.08 bits per heavy atom. The van der Waals surface area contributed by atoms with E-state index >= 15 is 0 Å². The smallest absolute Gasteiger partial charge is 0.228 e. The van der Waals surface area contributed by atoms with E-state index in [1.807, 2.05) is 42.5 Å². The van der Waals surface area contributed by atoms with E-state index in [-0.39, 0.29) is 18.2 Å². The SMILES string of the molecule is CCC(=O)Nc1nc2ccc(CC(=O)Nc3ccc(Br)cc3)cc2s1. The number of hydrogen-bond donors (Lipinski definition) is 2. The Morgan fingerprint density at radius 3 is 2.56 bits per heavy atom. The predicted octanol–water partition coefficient (Wildman–Crippen LogP) is 4.59. The largest absolute Gasteiger partial charge is 0.326 e. The third-order valence-corrected chi connectivity index (χ3v) is 4.98. The Morgan fingerprint density at radius 2 is 1.84 bits per heavy atom. The van der Waals surface area contributed by atoms with Crippen molar-refractivity contribution in [3.8, 4) is 0 Å². The van der Waals surface area contributed by atoms with Crippen LogP contribution in [0.25, 0.3) is 10.2 Å². The summed E-state index contributed by atoms with van der Waals surface area (Å²) in [4.78, 5) is 28.0. The lowest BCUT2D eigenvalue weighted by molar-refractivity contribution is -0.116. The van der Waals surface area contributed by atoms with Crippen LogP contribution in [-0.2, 0) is 16.0 Å². The van der Waals surface area contributed by atoms with E-state index in [0.717, 1.165) is 25.9 Å². The molecule has 0 aliphatic heterocycles. The molecule has 0 saturated carbocycles. The van der Waals surface area contributed by atoms with Crippen molar-refractivity contribution in [2.75, 3.05) is 10.6 Å². The van der Waals surface area contributed by atoms with E-state index in [1.54, 1.807) is 6.92 Å². The van der Waals surface area contributed by atoms with E-state index in [9.17, 15) is 9.59 Å². The minimum absolute atomic E-state index is 0.0619. The van der Waals surface area contributed by atoms with Gasteiger partial charge in [0.25, 0.3) is 0 Å². The molecule has 0 spiro atoms. The lowest BCUT2D eigenvalue weighted by Gasteiger charge is -2.05. The second kappa shape index (κ2) is 7.76. The molecule has 1 aromatic heterocycles. The van der Waals surface area contributed by atoms with Gasteiger partial charge in [-0.2, -0.15) is 0 Å². The molecule has 128 valence electrons. The van der Waals surface area contributed by atoms with Crippen LogP contribution in [0.2, 0.25) is 0 Å². The predicted molar refractivity (Wildman–Crippen MR) is 105 cm³/mol. The van der Waals surface area contributed by atoms with Crippen molar-refractivity contribution in [2.24, 2.45) is 0 Å². The number of carbonyl (C=O) groups excluding carboxylic acids is 2. The molecule has 5 nitrogen and oxygen atoms in total. The molecule has 7 heteroatoms. The standard InChI is InChI=1S/C18H16BrN3O2S/c1-2-16(23)22-18-21-14-8-3-11(9-15(14)25-18)10-17(24)20-13-6-4-12(19)5-7-13/h3-9H,2,10H2,1H3,(H,20,24)(H,21,22,23). The van der Waals surface area contributed by atoms with E-state index in [4.69, 9.17) is 0 Å². The summed E-state index contributed by atoms with van der Waals surface area (Å²) in [6.07, 6.45) is 0.692. The van der Waals surface area contributed by atoms with Crippen molar-refractivity contribution in [1.82, 2.24) is 4.98 Å². The number of rotatable bonds is 5. The highest BCUT2D eigenvalue weighted by Gasteiger charge is 2.09. The fourth-order valence-corrected chi connectivity index (χ4v) is 3.47. The monoisotopic (exact) mass is 417 g/mol. The van der Waals surface area contributed by atoms with Crippen LogP contribution < -0.4 is 10.6 Å². The number of hydrogen-bond acceptors (Lipinski definition) is 4. The zero-order valence-electron chi connectivity index (χ0n) is 13.5. The molecule has 0 bridgehead atoms. The van der Waals surface area contributed by atoms with Crippen LogP contribution in [0, 0.1) is 0 Å². The average molecular weight is 418 g/mol. The molecular weight excluding hydrogens is 402 g/mol. The number of anilines is 2. The first kappa shape index (κ1) is 17.6. The summed E-state index contributed by atoms with van der Waals surface area (Å²) >= 11 is 4.77. The Kier molecular flexibility index (Phi) is 5.45. The van der Waals surface area contributed by atoms with Crippen molar-refractivity contribution >= 4 is 60.1 Å². The van der Waals surface area contributed by atoms with Crippen molar-refractivity contribution in [3.05, 3.63) is 52.5 Å². The van der Waals surface area contributed by atoms with Crippen LogP contribution in [0.4, 0.5) is 10.8 Å². The quantitative estimate of drug-likeness (QED) is 0.637. The van der Waals surface area contributed by atoms with Crippen LogP contribution in [0.5, 0.6) is 0 Å². The third kappa shape index (κ3) is 4.64. The highest BCUT2D eigenvalue weighted by atomic mass is 79.9. The number of aromatic nitrogens is 1. The minimum Gasteiger partial charge on any atom is -0.326 e. The fraction of sp³-hybridized carbons (Fsp3) is 0.167. The topological polar surface area (TPSA) is 71.1 Å². The number of nitrogens with zero attached hydrogens (tertiary/aromatic N) is 1. The molecule has 25 heavy (non-hydrogen) atoms. The number of fused-ring (bicyclic) bond motifs is 1. The summed E-state index contributed by atoms with van der Waals surface area (Å²) in [5, 5.41) is 6.22. The fourth-order valence-electron chi connectivity index (χ4n) is 2.26. The molecule has 1 heterocycles. The van der Waals surface area contributed by atoms with E-state index in [1.165, 1.54) is 11.3 Å². The van der Waals surface area contributed by atoms with E-state index in [0.29, 0.717) is 11.6 Å². The molecule has 0 aliphatic rings. The maximum atomic E-state index is 12.2. The van der Waals surface area contributed by atoms with E-state index in [2.05, 4.69) is 31.5 Å². The van der Waals surface area contributed by atoms with Gasteiger partial charge in [-0.25, -0.2) is 4.98 Å². The maximum Gasteiger partial charge on any atom is 0.228 e. The van der Waals surface area contributed by atoms with Gasteiger partial charge in [0.2, 0.25) is 11.8 Å². The zero-order chi connectivity index (χ0) is 17.8. The Balaban J connectivity index is 1.69. The molecular formula is C18H16BrN3O2S. The first-order valence-electron chi connectivity index (χ1n) is 7.78. The molecule has 2 amide bonds. The van der Waals surface area contributed by atoms with Crippen LogP contribution in [0.15, 0.2) is 46.9 Å². The summed E-state index contributed by atoms with van der Waals surface area (Å²) in [6, 6.07) is 13.1. The van der Waals surface area contributed by atoms with Crippen LogP contribution >= 0.6 is 27.3 Å². The van der Waals surface area contributed by atoms with Crippen molar-refractivity contribution < 1.29 is 9.59 Å². The summed E-state index contributed by atoms with van der Waals surface area (Å²) in [7, 11) is 0. The van der Waals surface area contributed by atoms with Crippen molar-refractivity contribution in [3.63, 3.8) is 0 Å². The molecule has 0 saturated heterocycles. The summed E-state index contributed by atoms with van der Waals surface area (Å²) in [5.41, 5.74) is 2.48. The van der Waals surface area contributed by atoms with Gasteiger partial charge in [0.1, 0.15) is 0 Å². The molecule has 0 aliphatic carbocycles. The molecule has 0 radical (unpaired) electrons. The molecule has 2 N–H and O–H groups in total. The van der Waals surface area contributed by atoms with Crippen LogP contribution in [-0.4, -0.2) is 16.8 Å².